The first-order valence-electron chi connectivity index (χ1n) is 12.0. The molecule has 196 valence electrons. The van der Waals surface area contributed by atoms with Gasteiger partial charge in [-0.1, -0.05) is 75.2 Å². The van der Waals surface area contributed by atoms with Crippen LogP contribution < -0.4 is 0 Å². The molecule has 36 heavy (non-hydrogen) atoms. The van der Waals surface area contributed by atoms with Crippen molar-refractivity contribution in [2.75, 3.05) is 11.5 Å². The first-order chi connectivity index (χ1) is 16.8. The van der Waals surface area contributed by atoms with Crippen LogP contribution in [0.4, 0.5) is 0 Å². The summed E-state index contributed by atoms with van der Waals surface area (Å²) < 4.78 is 25.6. The van der Waals surface area contributed by atoms with Crippen LogP contribution in [0.15, 0.2) is 48.5 Å². The molecule has 0 saturated carbocycles. The molecule has 9 heteroatoms. The highest BCUT2D eigenvalue weighted by Crippen LogP contribution is 2.52. The van der Waals surface area contributed by atoms with Gasteiger partial charge in [-0.2, -0.15) is 0 Å². The van der Waals surface area contributed by atoms with Gasteiger partial charge in [0.1, 0.15) is 0 Å². The second kappa shape index (κ2) is 11.1. The first-order valence-corrected chi connectivity index (χ1v) is 14.6. The molecule has 6 nitrogen and oxygen atoms in total. The highest BCUT2D eigenvalue weighted by Gasteiger charge is 2.53. The maximum atomic E-state index is 14.2. The summed E-state index contributed by atoms with van der Waals surface area (Å²) in [6, 6.07) is 13.3. The lowest BCUT2D eigenvalue weighted by molar-refractivity contribution is -0.161. The van der Waals surface area contributed by atoms with Gasteiger partial charge < -0.3 is 10.0 Å². The lowest BCUT2D eigenvalue weighted by Crippen LogP contribution is -2.58. The third-order valence-electron chi connectivity index (χ3n) is 7.12. The minimum Gasteiger partial charge on any atom is -0.481 e. The molecule has 0 bridgehead atoms. The summed E-state index contributed by atoms with van der Waals surface area (Å²) in [6.45, 7) is 7.03. The molecular weight excluding hydrogens is 521 g/mol. The van der Waals surface area contributed by atoms with Gasteiger partial charge in [-0.3, -0.25) is 9.59 Å². The standard InChI is InChI=1S/C27H33Cl2NO5S/c1-5-36(34,35)16-23(17(2)3)30-25(18-9-11-20(28)12-10-18)22(19-7-6-8-21(29)13-19)14-27(4,26(30)33)15-24(31)32/h6-13,17,22-23,25H,5,14-16H2,1-4H3,(H,31,32). The monoisotopic (exact) mass is 553 g/mol. The number of sulfone groups is 1. The Morgan fingerprint density at radius 3 is 2.28 bits per heavy atom. The van der Waals surface area contributed by atoms with Gasteiger partial charge >= 0.3 is 5.97 Å². The summed E-state index contributed by atoms with van der Waals surface area (Å²) in [5.74, 6) is -2.21. The van der Waals surface area contributed by atoms with Gasteiger partial charge in [0, 0.05) is 27.8 Å². The molecule has 0 aromatic heterocycles. The van der Waals surface area contributed by atoms with Crippen molar-refractivity contribution in [1.82, 2.24) is 4.90 Å². The van der Waals surface area contributed by atoms with Crippen molar-refractivity contribution in [3.05, 3.63) is 69.7 Å². The number of hydrogen-bond donors (Lipinski definition) is 1. The zero-order chi connectivity index (χ0) is 26.8. The fraction of sp³-hybridized carbons (Fsp3) is 0.481. The predicted molar refractivity (Wildman–Crippen MR) is 143 cm³/mol. The highest BCUT2D eigenvalue weighted by atomic mass is 35.5. The Morgan fingerprint density at radius 2 is 1.75 bits per heavy atom. The molecule has 0 aliphatic carbocycles. The van der Waals surface area contributed by atoms with Crippen LogP contribution in [0.5, 0.6) is 0 Å². The summed E-state index contributed by atoms with van der Waals surface area (Å²) in [5, 5.41) is 10.8. The number of aliphatic carboxylic acids is 1. The third kappa shape index (κ3) is 6.24. The van der Waals surface area contributed by atoms with E-state index >= 15 is 0 Å². The van der Waals surface area contributed by atoms with Crippen molar-refractivity contribution >= 4 is 44.9 Å². The van der Waals surface area contributed by atoms with Crippen molar-refractivity contribution in [3.63, 3.8) is 0 Å². The SMILES string of the molecule is CCS(=O)(=O)CC(C(C)C)N1C(=O)C(C)(CC(=O)O)CC(c2cccc(Cl)c2)C1c1ccc(Cl)cc1. The fourth-order valence-corrected chi connectivity index (χ4v) is 6.84. The molecule has 4 atom stereocenters. The Hall–Kier alpha value is -2.09. The number of hydrogen-bond acceptors (Lipinski definition) is 4. The smallest absolute Gasteiger partial charge is 0.304 e. The topological polar surface area (TPSA) is 91.8 Å². The second-order valence-electron chi connectivity index (χ2n) is 10.2. The van der Waals surface area contributed by atoms with E-state index in [0.29, 0.717) is 10.0 Å². The maximum Gasteiger partial charge on any atom is 0.304 e. The van der Waals surface area contributed by atoms with Crippen LogP contribution in [-0.2, 0) is 19.4 Å². The van der Waals surface area contributed by atoms with E-state index in [1.165, 1.54) is 0 Å². The molecule has 0 spiro atoms. The largest absolute Gasteiger partial charge is 0.481 e. The molecular formula is C27H33Cl2NO5S. The Balaban J connectivity index is 2.30. The normalized spacial score (nSPS) is 23.6. The number of carboxylic acids is 1. The lowest BCUT2D eigenvalue weighted by Gasteiger charge is -2.52. The number of carbonyl (C=O) groups excluding carboxylic acids is 1. The molecule has 1 heterocycles. The van der Waals surface area contributed by atoms with Crippen molar-refractivity contribution in [3.8, 4) is 0 Å². The number of nitrogens with zero attached hydrogens (tertiary/aromatic N) is 1. The molecule has 1 saturated heterocycles. The summed E-state index contributed by atoms with van der Waals surface area (Å²) in [4.78, 5) is 27.8. The fourth-order valence-electron chi connectivity index (χ4n) is 5.22. The second-order valence-corrected chi connectivity index (χ2v) is 13.5. The number of benzene rings is 2. The molecule has 1 aliphatic heterocycles. The van der Waals surface area contributed by atoms with Gasteiger partial charge in [-0.15, -0.1) is 0 Å². The summed E-state index contributed by atoms with van der Waals surface area (Å²) in [6.07, 6.45) is -0.0916. The summed E-state index contributed by atoms with van der Waals surface area (Å²) in [5.41, 5.74) is 0.428. The minimum atomic E-state index is -3.45. The molecule has 4 unspecified atom stereocenters. The molecule has 2 aromatic carbocycles. The van der Waals surface area contributed by atoms with Gasteiger partial charge in [-0.05, 0) is 47.7 Å². The van der Waals surface area contributed by atoms with Gasteiger partial charge in [0.05, 0.1) is 23.6 Å². The quantitative estimate of drug-likeness (QED) is 0.411. The van der Waals surface area contributed by atoms with Gasteiger partial charge in [-0.25, -0.2) is 8.42 Å². The van der Waals surface area contributed by atoms with E-state index < -0.39 is 33.3 Å². The molecule has 1 aliphatic rings. The number of carbonyl (C=O) groups is 2. The molecule has 1 N–H and O–H groups in total. The van der Waals surface area contributed by atoms with Crippen molar-refractivity contribution < 1.29 is 23.1 Å². The number of carboxylic acid groups (broad SMARTS) is 1. The van der Waals surface area contributed by atoms with E-state index in [1.807, 2.05) is 44.2 Å². The van der Waals surface area contributed by atoms with E-state index in [-0.39, 0.29) is 42.1 Å². The Kier molecular flexibility index (Phi) is 8.79. The Labute approximate surface area is 223 Å². The zero-order valence-electron chi connectivity index (χ0n) is 20.9. The van der Waals surface area contributed by atoms with Crippen LogP contribution in [0.25, 0.3) is 0 Å². The number of amides is 1. The molecule has 0 radical (unpaired) electrons. The van der Waals surface area contributed by atoms with Crippen LogP contribution in [0.3, 0.4) is 0 Å². The summed E-state index contributed by atoms with van der Waals surface area (Å²) in [7, 11) is -3.45. The van der Waals surface area contributed by atoms with Crippen LogP contribution >= 0.6 is 23.2 Å². The minimum absolute atomic E-state index is 0.0476. The number of rotatable bonds is 9. The average Bonchev–Trinajstić information content (AvgIpc) is 2.79. The van der Waals surface area contributed by atoms with Crippen molar-refractivity contribution in [2.24, 2.45) is 11.3 Å². The van der Waals surface area contributed by atoms with E-state index in [0.717, 1.165) is 11.1 Å². The Bertz CT molecular complexity index is 1210. The van der Waals surface area contributed by atoms with Crippen LogP contribution in [-0.4, -0.2) is 47.8 Å². The van der Waals surface area contributed by atoms with Gasteiger partial charge in [0.15, 0.2) is 9.84 Å². The van der Waals surface area contributed by atoms with Crippen molar-refractivity contribution in [2.45, 2.75) is 58.5 Å². The molecule has 1 amide bonds. The van der Waals surface area contributed by atoms with Gasteiger partial charge in [0.25, 0.3) is 0 Å². The summed E-state index contributed by atoms with van der Waals surface area (Å²) >= 11 is 12.5. The van der Waals surface area contributed by atoms with Crippen LogP contribution in [0, 0.1) is 11.3 Å². The molecule has 2 aromatic rings. The van der Waals surface area contributed by atoms with E-state index in [1.54, 1.807) is 36.9 Å². The van der Waals surface area contributed by atoms with Crippen molar-refractivity contribution in [1.29, 1.82) is 0 Å². The highest BCUT2D eigenvalue weighted by molar-refractivity contribution is 7.91. The third-order valence-corrected chi connectivity index (χ3v) is 9.34. The maximum absolute atomic E-state index is 14.2. The van der Waals surface area contributed by atoms with Crippen LogP contribution in [0.2, 0.25) is 10.0 Å². The predicted octanol–water partition coefficient (Wildman–Crippen LogP) is 5.99. The first kappa shape index (κ1) is 28.5. The zero-order valence-corrected chi connectivity index (χ0v) is 23.3. The lowest BCUT2D eigenvalue weighted by atomic mass is 9.66. The van der Waals surface area contributed by atoms with E-state index in [2.05, 4.69) is 0 Å². The van der Waals surface area contributed by atoms with Crippen LogP contribution in [0.1, 0.15) is 63.6 Å². The van der Waals surface area contributed by atoms with E-state index in [9.17, 15) is 23.1 Å². The molecule has 1 fully saturated rings. The Morgan fingerprint density at radius 1 is 1.11 bits per heavy atom. The number of likely N-dealkylation sites (tertiary alicyclic amines) is 1. The number of halogens is 2. The van der Waals surface area contributed by atoms with E-state index in [4.69, 9.17) is 23.2 Å². The average molecular weight is 555 g/mol. The molecule has 3 rings (SSSR count). The van der Waals surface area contributed by atoms with Gasteiger partial charge in [0.2, 0.25) is 5.91 Å². The number of piperidine rings is 1.